The number of rotatable bonds is 3. The van der Waals surface area contributed by atoms with Crippen molar-refractivity contribution in [2.45, 2.75) is 6.92 Å². The lowest BCUT2D eigenvalue weighted by atomic mass is 10.7. The highest BCUT2D eigenvalue weighted by Gasteiger charge is 2.40. The maximum Gasteiger partial charge on any atom is 0.511 e. The van der Waals surface area contributed by atoms with Gasteiger partial charge in [-0.1, -0.05) is 22.6 Å². The van der Waals surface area contributed by atoms with E-state index in [1.54, 1.807) is 0 Å². The molecule has 0 aromatic heterocycles. The highest BCUT2D eigenvalue weighted by Crippen LogP contribution is 2.14. The summed E-state index contributed by atoms with van der Waals surface area (Å²) >= 11 is 2.26. The monoisotopic (exact) mass is 318 g/mol. The first-order valence-corrected chi connectivity index (χ1v) is 7.84. The van der Waals surface area contributed by atoms with Gasteiger partial charge in [-0.2, -0.15) is 0 Å². The second kappa shape index (κ2) is 6.30. The van der Waals surface area contributed by atoms with Crippen molar-refractivity contribution in [2.75, 3.05) is 37.1 Å². The van der Waals surface area contributed by atoms with Crippen molar-refractivity contribution < 1.29 is 18.0 Å². The van der Waals surface area contributed by atoms with Gasteiger partial charge in [-0.25, -0.2) is 0 Å². The fourth-order valence-electron chi connectivity index (χ4n) is 1.07. The van der Waals surface area contributed by atoms with Crippen LogP contribution < -0.4 is 0 Å². The minimum atomic E-state index is -2.33. The molecule has 0 aliphatic carbocycles. The second-order valence-electron chi connectivity index (χ2n) is 2.56. The fourth-order valence-corrected chi connectivity index (χ4v) is 4.77. The number of halogens is 1. The molecular formula is C7H15IO4Si. The third kappa shape index (κ3) is 3.80. The van der Waals surface area contributed by atoms with Gasteiger partial charge in [-0.05, 0) is 6.92 Å². The Morgan fingerprint density at radius 1 is 1.23 bits per heavy atom. The molecule has 0 amide bonds. The van der Waals surface area contributed by atoms with Gasteiger partial charge in [0.15, 0.2) is 0 Å². The first kappa shape index (κ1) is 11.9. The molecule has 0 aromatic carbocycles. The van der Waals surface area contributed by atoms with Gasteiger partial charge in [0.2, 0.25) is 0 Å². The Kier molecular flexibility index (Phi) is 5.75. The van der Waals surface area contributed by atoms with Crippen LogP contribution in [0, 0.1) is 0 Å². The minimum absolute atomic E-state index is 0.579. The highest BCUT2D eigenvalue weighted by atomic mass is 127. The number of hydrogen-bond acceptors (Lipinski definition) is 4. The first-order chi connectivity index (χ1) is 6.33. The zero-order valence-corrected chi connectivity index (χ0v) is 10.9. The predicted molar refractivity (Wildman–Crippen MR) is 59.0 cm³/mol. The van der Waals surface area contributed by atoms with Crippen molar-refractivity contribution in [3.05, 3.63) is 0 Å². The van der Waals surface area contributed by atoms with E-state index in [0.29, 0.717) is 33.0 Å². The minimum Gasteiger partial charge on any atom is -0.377 e. The van der Waals surface area contributed by atoms with Crippen LogP contribution in [0.4, 0.5) is 0 Å². The van der Waals surface area contributed by atoms with Crippen LogP contribution in [0.15, 0.2) is 0 Å². The Hall–Kier alpha value is 0.787. The van der Waals surface area contributed by atoms with Crippen LogP contribution in [-0.2, 0) is 18.0 Å². The average molecular weight is 318 g/mol. The molecule has 1 aliphatic rings. The smallest absolute Gasteiger partial charge is 0.377 e. The topological polar surface area (TPSA) is 36.9 Å². The van der Waals surface area contributed by atoms with E-state index in [-0.39, 0.29) is 0 Å². The summed E-state index contributed by atoms with van der Waals surface area (Å²) in [6, 6.07) is 0. The Morgan fingerprint density at radius 2 is 1.85 bits per heavy atom. The summed E-state index contributed by atoms with van der Waals surface area (Å²) in [6.07, 6.45) is 0. The molecule has 0 saturated carbocycles. The lowest BCUT2D eigenvalue weighted by Crippen LogP contribution is -2.50. The van der Waals surface area contributed by atoms with Crippen molar-refractivity contribution >= 4 is 31.4 Å². The van der Waals surface area contributed by atoms with E-state index >= 15 is 0 Å². The summed E-state index contributed by atoms with van der Waals surface area (Å²) in [7, 11) is -2.33. The molecule has 1 saturated heterocycles. The van der Waals surface area contributed by atoms with Gasteiger partial charge in [0.1, 0.15) is 0 Å². The molecule has 0 N–H and O–H groups in total. The van der Waals surface area contributed by atoms with E-state index in [9.17, 15) is 0 Å². The molecule has 13 heavy (non-hydrogen) atoms. The first-order valence-electron chi connectivity index (χ1n) is 4.38. The fraction of sp³-hybridized carbons (Fsp3) is 1.00. The van der Waals surface area contributed by atoms with Crippen LogP contribution >= 0.6 is 22.6 Å². The molecule has 1 aliphatic heterocycles. The molecule has 0 aromatic rings. The van der Waals surface area contributed by atoms with E-state index in [2.05, 4.69) is 22.6 Å². The molecule has 1 heterocycles. The van der Waals surface area contributed by atoms with E-state index in [1.807, 2.05) is 6.92 Å². The molecule has 0 unspecified atom stereocenters. The third-order valence-electron chi connectivity index (χ3n) is 1.63. The van der Waals surface area contributed by atoms with E-state index in [0.717, 1.165) is 4.05 Å². The number of ether oxygens (including phenoxy) is 1. The van der Waals surface area contributed by atoms with E-state index < -0.39 is 8.80 Å². The summed E-state index contributed by atoms with van der Waals surface area (Å²) in [5.41, 5.74) is 0. The summed E-state index contributed by atoms with van der Waals surface area (Å²) < 4.78 is 22.8. The van der Waals surface area contributed by atoms with Gasteiger partial charge in [0.05, 0.1) is 30.5 Å². The Labute approximate surface area is 93.4 Å². The molecule has 1 rings (SSSR count). The van der Waals surface area contributed by atoms with Crippen LogP contribution in [0.2, 0.25) is 0 Å². The maximum absolute atomic E-state index is 5.62. The van der Waals surface area contributed by atoms with Gasteiger partial charge >= 0.3 is 8.80 Å². The van der Waals surface area contributed by atoms with Crippen LogP contribution in [0.3, 0.4) is 0 Å². The summed E-state index contributed by atoms with van der Waals surface area (Å²) in [5.74, 6) is 0. The predicted octanol–water partition coefficient (Wildman–Crippen LogP) is 0.999. The standard InChI is InChI=1S/C7H15IO4Si/c1-2-10-13(7-8)11-5-3-9-4-6-12-13/h2-7H2,1H3. The molecule has 1 fully saturated rings. The number of alkyl halides is 1. The van der Waals surface area contributed by atoms with Crippen molar-refractivity contribution in [1.82, 2.24) is 0 Å². The van der Waals surface area contributed by atoms with Crippen molar-refractivity contribution in [3.8, 4) is 0 Å². The van der Waals surface area contributed by atoms with Gasteiger partial charge in [-0.3, -0.25) is 0 Å². The summed E-state index contributed by atoms with van der Waals surface area (Å²) in [4.78, 5) is 0. The maximum atomic E-state index is 5.62. The molecule has 4 nitrogen and oxygen atoms in total. The molecule has 0 spiro atoms. The Morgan fingerprint density at radius 3 is 2.31 bits per heavy atom. The molecule has 0 radical (unpaired) electrons. The lowest BCUT2D eigenvalue weighted by molar-refractivity contribution is -0.0114. The lowest BCUT2D eigenvalue weighted by Gasteiger charge is -2.29. The van der Waals surface area contributed by atoms with Gasteiger partial charge in [0, 0.05) is 6.61 Å². The van der Waals surface area contributed by atoms with Crippen LogP contribution in [-0.4, -0.2) is 45.9 Å². The molecule has 78 valence electrons. The SMILES string of the molecule is CCO[Si]1(CI)OCCOCCO1. The van der Waals surface area contributed by atoms with E-state index in [1.165, 1.54) is 0 Å². The normalized spacial score (nSPS) is 23.5. The second-order valence-corrected chi connectivity index (χ2v) is 7.35. The average Bonchev–Trinajstić information content (AvgIpc) is 2.10. The summed E-state index contributed by atoms with van der Waals surface area (Å²) in [6.45, 7) is 5.05. The van der Waals surface area contributed by atoms with Gasteiger partial charge in [0.25, 0.3) is 0 Å². The van der Waals surface area contributed by atoms with Crippen molar-refractivity contribution in [3.63, 3.8) is 0 Å². The molecular weight excluding hydrogens is 303 g/mol. The van der Waals surface area contributed by atoms with Gasteiger partial charge < -0.3 is 18.0 Å². The zero-order valence-electron chi connectivity index (χ0n) is 7.75. The zero-order chi connectivity index (χ0) is 9.57. The largest absolute Gasteiger partial charge is 0.511 e. The van der Waals surface area contributed by atoms with E-state index in [4.69, 9.17) is 18.0 Å². The van der Waals surface area contributed by atoms with Crippen LogP contribution in [0.25, 0.3) is 0 Å². The van der Waals surface area contributed by atoms with Crippen LogP contribution in [0.1, 0.15) is 6.92 Å². The third-order valence-corrected chi connectivity index (χ3v) is 6.77. The molecule has 6 heteroatoms. The Bertz CT molecular complexity index is 138. The Balaban J connectivity index is 2.47. The highest BCUT2D eigenvalue weighted by molar-refractivity contribution is 14.1. The van der Waals surface area contributed by atoms with Gasteiger partial charge in [-0.15, -0.1) is 0 Å². The van der Waals surface area contributed by atoms with Crippen molar-refractivity contribution in [1.29, 1.82) is 0 Å². The van der Waals surface area contributed by atoms with Crippen LogP contribution in [0.5, 0.6) is 0 Å². The summed E-state index contributed by atoms with van der Waals surface area (Å²) in [5, 5.41) is 0. The molecule has 0 atom stereocenters. The van der Waals surface area contributed by atoms with Crippen molar-refractivity contribution in [2.24, 2.45) is 0 Å². The number of hydrogen-bond donors (Lipinski definition) is 0. The quantitative estimate of drug-likeness (QED) is 0.442. The molecule has 0 bridgehead atoms.